The molecule has 2 rings (SSSR count). The van der Waals surface area contributed by atoms with Gasteiger partial charge in [0.1, 0.15) is 5.56 Å². The van der Waals surface area contributed by atoms with Crippen molar-refractivity contribution in [2.75, 3.05) is 6.61 Å². The molecule has 84 valence electrons. The van der Waals surface area contributed by atoms with Crippen LogP contribution in [0.15, 0.2) is 22.8 Å². The van der Waals surface area contributed by atoms with Crippen molar-refractivity contribution in [3.63, 3.8) is 0 Å². The number of hydrogen-bond donors (Lipinski definition) is 0. The first-order valence-electron chi connectivity index (χ1n) is 4.95. The Morgan fingerprint density at radius 2 is 2.31 bits per heavy atom. The molecule has 2 aromatic rings. The molecule has 0 N–H and O–H groups in total. The van der Waals surface area contributed by atoms with Gasteiger partial charge in [-0.3, -0.25) is 0 Å². The molecular weight excluding hydrogens is 272 g/mol. The maximum atomic E-state index is 11.7. The van der Waals surface area contributed by atoms with Gasteiger partial charge in [-0.25, -0.2) is 9.31 Å². The van der Waals surface area contributed by atoms with Gasteiger partial charge >= 0.3 is 5.97 Å². The minimum absolute atomic E-state index is 0.344. The number of pyridine rings is 1. The topological polar surface area (TPSA) is 43.6 Å². The van der Waals surface area contributed by atoms with E-state index in [2.05, 4.69) is 21.0 Å². The first kappa shape index (κ1) is 11.1. The number of fused-ring (bicyclic) bond motifs is 1. The maximum absolute atomic E-state index is 11.7. The van der Waals surface area contributed by atoms with Crippen LogP contribution in [-0.4, -0.2) is 22.2 Å². The molecule has 16 heavy (non-hydrogen) atoms. The van der Waals surface area contributed by atoms with Gasteiger partial charge in [-0.2, -0.15) is 5.10 Å². The number of aromatic nitrogens is 2. The highest BCUT2D eigenvalue weighted by Crippen LogP contribution is 2.23. The number of ether oxygens (including phenoxy) is 1. The fraction of sp³-hybridized carbons (Fsp3) is 0.273. The lowest BCUT2D eigenvalue weighted by Gasteiger charge is -2.03. The summed E-state index contributed by atoms with van der Waals surface area (Å²) in [5.41, 5.74) is 2.20. The van der Waals surface area contributed by atoms with Crippen LogP contribution in [0.4, 0.5) is 0 Å². The molecule has 4 nitrogen and oxygen atoms in total. The molecule has 0 fully saturated rings. The third-order valence-corrected chi connectivity index (χ3v) is 2.94. The molecule has 0 atom stereocenters. The molecule has 0 aliphatic rings. The largest absolute Gasteiger partial charge is 0.462 e. The van der Waals surface area contributed by atoms with Crippen molar-refractivity contribution in [1.29, 1.82) is 0 Å². The van der Waals surface area contributed by atoms with Crippen LogP contribution in [0.3, 0.4) is 0 Å². The highest BCUT2D eigenvalue weighted by Gasteiger charge is 2.16. The number of aryl methyl sites for hydroxylation is 1. The van der Waals surface area contributed by atoms with E-state index in [0.717, 1.165) is 15.7 Å². The molecule has 2 heterocycles. The number of esters is 1. The molecule has 0 aliphatic carbocycles. The predicted octanol–water partition coefficient (Wildman–Crippen LogP) is 2.58. The second-order valence-corrected chi connectivity index (χ2v) is 4.22. The lowest BCUT2D eigenvalue weighted by molar-refractivity contribution is 0.0528. The van der Waals surface area contributed by atoms with E-state index in [1.165, 1.54) is 6.20 Å². The minimum atomic E-state index is -0.344. The Morgan fingerprint density at radius 1 is 1.56 bits per heavy atom. The third kappa shape index (κ3) is 1.71. The van der Waals surface area contributed by atoms with E-state index in [9.17, 15) is 4.79 Å². The summed E-state index contributed by atoms with van der Waals surface area (Å²) in [4.78, 5) is 11.7. The van der Waals surface area contributed by atoms with Crippen LogP contribution in [0.25, 0.3) is 5.52 Å². The maximum Gasteiger partial charge on any atom is 0.342 e. The van der Waals surface area contributed by atoms with Gasteiger partial charge in [-0.15, -0.1) is 0 Å². The van der Waals surface area contributed by atoms with Crippen LogP contribution >= 0.6 is 15.9 Å². The van der Waals surface area contributed by atoms with Crippen LogP contribution in [0.5, 0.6) is 0 Å². The normalized spacial score (nSPS) is 10.7. The van der Waals surface area contributed by atoms with Crippen molar-refractivity contribution in [1.82, 2.24) is 9.61 Å². The van der Waals surface area contributed by atoms with Gasteiger partial charge < -0.3 is 4.74 Å². The summed E-state index contributed by atoms with van der Waals surface area (Å²) in [6, 6.07) is 3.83. The zero-order valence-corrected chi connectivity index (χ0v) is 10.6. The van der Waals surface area contributed by atoms with E-state index >= 15 is 0 Å². The summed E-state index contributed by atoms with van der Waals surface area (Å²) in [6.45, 7) is 4.07. The second-order valence-electron chi connectivity index (χ2n) is 3.36. The first-order valence-corrected chi connectivity index (χ1v) is 5.74. The molecule has 0 bridgehead atoms. The molecule has 5 heteroatoms. The van der Waals surface area contributed by atoms with Crippen LogP contribution in [0.1, 0.15) is 23.0 Å². The van der Waals surface area contributed by atoms with Crippen molar-refractivity contribution in [2.24, 2.45) is 0 Å². The number of hydrogen-bond acceptors (Lipinski definition) is 3. The third-order valence-electron chi connectivity index (χ3n) is 2.30. The van der Waals surface area contributed by atoms with Crippen LogP contribution in [-0.2, 0) is 4.74 Å². The highest BCUT2D eigenvalue weighted by molar-refractivity contribution is 9.10. The number of rotatable bonds is 2. The summed E-state index contributed by atoms with van der Waals surface area (Å²) in [5, 5.41) is 4.17. The first-order chi connectivity index (χ1) is 7.65. The standard InChI is InChI=1S/C11H11BrN2O2/c1-3-16-11(15)8-6-13-14-7(2)4-5-9(12)10(8)14/h4-6H,3H2,1-2H3. The Balaban J connectivity index is 2.64. The minimum Gasteiger partial charge on any atom is -0.462 e. The average Bonchev–Trinajstić information content (AvgIpc) is 2.69. The fourth-order valence-corrected chi connectivity index (χ4v) is 2.06. The van der Waals surface area contributed by atoms with Gasteiger partial charge in [0.2, 0.25) is 0 Å². The van der Waals surface area contributed by atoms with Gasteiger partial charge in [0.25, 0.3) is 0 Å². The van der Waals surface area contributed by atoms with Gasteiger partial charge in [0.05, 0.1) is 18.3 Å². The molecule has 0 saturated heterocycles. The van der Waals surface area contributed by atoms with Gasteiger partial charge in [-0.05, 0) is 41.9 Å². The molecule has 0 spiro atoms. The predicted molar refractivity (Wildman–Crippen MR) is 63.6 cm³/mol. The van der Waals surface area contributed by atoms with Gasteiger partial charge in [-0.1, -0.05) is 0 Å². The van der Waals surface area contributed by atoms with Crippen molar-refractivity contribution in [3.8, 4) is 0 Å². The van der Waals surface area contributed by atoms with E-state index in [1.807, 2.05) is 19.1 Å². The lowest BCUT2D eigenvalue weighted by Crippen LogP contribution is -2.04. The quantitative estimate of drug-likeness (QED) is 0.796. The van der Waals surface area contributed by atoms with Crippen molar-refractivity contribution >= 4 is 27.4 Å². The summed E-state index contributed by atoms with van der Waals surface area (Å²) >= 11 is 3.41. The second kappa shape index (κ2) is 4.25. The molecule has 0 aromatic carbocycles. The number of carbonyl (C=O) groups is 1. The zero-order chi connectivity index (χ0) is 11.7. The van der Waals surface area contributed by atoms with Crippen LogP contribution in [0.2, 0.25) is 0 Å². The number of carbonyl (C=O) groups excluding carboxylic acids is 1. The van der Waals surface area contributed by atoms with E-state index in [4.69, 9.17) is 4.74 Å². The molecule has 2 aromatic heterocycles. The average molecular weight is 283 g/mol. The lowest BCUT2D eigenvalue weighted by atomic mass is 10.2. The summed E-state index contributed by atoms with van der Waals surface area (Å²) in [6.07, 6.45) is 1.53. The zero-order valence-electron chi connectivity index (χ0n) is 9.03. The molecule has 0 amide bonds. The summed E-state index contributed by atoms with van der Waals surface area (Å²) in [7, 11) is 0. The monoisotopic (exact) mass is 282 g/mol. The van der Waals surface area contributed by atoms with Crippen molar-refractivity contribution in [2.45, 2.75) is 13.8 Å². The van der Waals surface area contributed by atoms with E-state index in [1.54, 1.807) is 11.4 Å². The molecule has 0 unspecified atom stereocenters. The molecule has 0 radical (unpaired) electrons. The SMILES string of the molecule is CCOC(=O)c1cnn2c(C)ccc(Br)c12. The molecule has 0 saturated carbocycles. The number of nitrogens with zero attached hydrogens (tertiary/aromatic N) is 2. The van der Waals surface area contributed by atoms with Gasteiger partial charge in [0, 0.05) is 10.2 Å². The fourth-order valence-electron chi connectivity index (χ4n) is 1.55. The van der Waals surface area contributed by atoms with E-state index in [-0.39, 0.29) is 5.97 Å². The van der Waals surface area contributed by atoms with E-state index < -0.39 is 0 Å². The Kier molecular flexibility index (Phi) is 2.96. The van der Waals surface area contributed by atoms with Gasteiger partial charge in [0.15, 0.2) is 0 Å². The summed E-state index contributed by atoms with van der Waals surface area (Å²) < 4.78 is 7.53. The van der Waals surface area contributed by atoms with Crippen molar-refractivity contribution in [3.05, 3.63) is 34.1 Å². The Morgan fingerprint density at radius 3 is 3.00 bits per heavy atom. The van der Waals surface area contributed by atoms with E-state index in [0.29, 0.717) is 12.2 Å². The Labute approximate surface area is 101 Å². The van der Waals surface area contributed by atoms with Crippen LogP contribution < -0.4 is 0 Å². The molecule has 0 aliphatic heterocycles. The highest BCUT2D eigenvalue weighted by atomic mass is 79.9. The Hall–Kier alpha value is -1.36. The Bertz CT molecular complexity index is 548. The smallest absolute Gasteiger partial charge is 0.342 e. The molecular formula is C11H11BrN2O2. The van der Waals surface area contributed by atoms with Crippen molar-refractivity contribution < 1.29 is 9.53 Å². The number of halogens is 1. The summed E-state index contributed by atoms with van der Waals surface area (Å²) in [5.74, 6) is -0.344. The van der Waals surface area contributed by atoms with Crippen LogP contribution in [0, 0.1) is 6.92 Å².